The summed E-state index contributed by atoms with van der Waals surface area (Å²) < 4.78 is 2.96. The first-order valence-electron chi connectivity index (χ1n) is 12.8. The van der Waals surface area contributed by atoms with Gasteiger partial charge in [0.2, 0.25) is 0 Å². The number of hydrogen-bond donors (Lipinski definition) is 1. The van der Waals surface area contributed by atoms with Crippen molar-refractivity contribution >= 4 is 17.3 Å². The molecule has 9 heteroatoms. The highest BCUT2D eigenvalue weighted by Crippen LogP contribution is 2.38. The maximum Gasteiger partial charge on any atom is 0.332 e. The van der Waals surface area contributed by atoms with Crippen LogP contribution in [0, 0.1) is 6.92 Å². The van der Waals surface area contributed by atoms with E-state index >= 15 is 0 Å². The van der Waals surface area contributed by atoms with E-state index in [9.17, 15) is 9.90 Å². The van der Waals surface area contributed by atoms with Crippen LogP contribution in [-0.2, 0) is 7.05 Å². The van der Waals surface area contributed by atoms with Crippen LogP contribution in [0.1, 0.15) is 26.6 Å². The van der Waals surface area contributed by atoms with E-state index in [1.807, 2.05) is 19.1 Å². The molecule has 2 aromatic heterocycles. The molecule has 198 valence electrons. The Labute approximate surface area is 227 Å². The minimum Gasteiger partial charge on any atom is -0.504 e. The summed E-state index contributed by atoms with van der Waals surface area (Å²) in [6, 6.07) is 13.4. The molecule has 0 amide bonds. The van der Waals surface area contributed by atoms with E-state index in [2.05, 4.69) is 52.7 Å². The molecular weight excluding hydrogens is 500 g/mol. The molecule has 5 rings (SSSR count). The van der Waals surface area contributed by atoms with E-state index in [4.69, 9.17) is 11.6 Å². The number of imidazole rings is 1. The third-order valence-corrected chi connectivity index (χ3v) is 7.44. The molecule has 4 aromatic rings. The molecule has 2 aromatic carbocycles. The van der Waals surface area contributed by atoms with Gasteiger partial charge in [0.1, 0.15) is 17.2 Å². The smallest absolute Gasteiger partial charge is 0.332 e. The Balaban J connectivity index is 1.47. The summed E-state index contributed by atoms with van der Waals surface area (Å²) in [4.78, 5) is 26.4. The summed E-state index contributed by atoms with van der Waals surface area (Å²) in [7, 11) is 1.69. The Kier molecular flexibility index (Phi) is 6.79. The van der Waals surface area contributed by atoms with Crippen molar-refractivity contribution < 1.29 is 5.11 Å². The lowest BCUT2D eigenvalue weighted by atomic mass is 10.0. The summed E-state index contributed by atoms with van der Waals surface area (Å²) in [6.07, 6.45) is 3.35. The lowest BCUT2D eigenvalue weighted by molar-refractivity contribution is 0.128. The van der Waals surface area contributed by atoms with E-state index in [1.54, 1.807) is 37.6 Å². The maximum absolute atomic E-state index is 12.4. The van der Waals surface area contributed by atoms with Crippen molar-refractivity contribution in [2.75, 3.05) is 31.1 Å². The maximum atomic E-state index is 12.4. The fraction of sp³-hybridized carbons (Fsp3) is 0.345. The highest BCUT2D eigenvalue weighted by Gasteiger charge is 2.26. The van der Waals surface area contributed by atoms with E-state index < -0.39 is 0 Å². The molecule has 0 radical (unpaired) electrons. The first-order chi connectivity index (χ1) is 18.0. The van der Waals surface area contributed by atoms with Crippen LogP contribution < -0.4 is 10.6 Å². The van der Waals surface area contributed by atoms with Crippen molar-refractivity contribution in [2.24, 2.45) is 7.05 Å². The second-order valence-corrected chi connectivity index (χ2v) is 11.1. The van der Waals surface area contributed by atoms with Crippen molar-refractivity contribution in [1.29, 1.82) is 0 Å². The molecule has 38 heavy (non-hydrogen) atoms. The van der Waals surface area contributed by atoms with Crippen molar-refractivity contribution in [2.45, 2.75) is 33.2 Å². The molecule has 0 unspecified atom stereocenters. The standard InChI is InChI=1S/C29H33ClN6O2/c1-19-31-25(20-7-6-8-22(17-20)34-12-14-35(15-13-34)29(2,3)4)27(37)26(32-19)21-9-10-24(23(30)18-21)36-16-11-33(5)28(36)38/h6-11,16-18,37H,12-15H2,1-5H3. The molecule has 1 fully saturated rings. The molecule has 1 saturated heterocycles. The van der Waals surface area contributed by atoms with Gasteiger partial charge in [0, 0.05) is 68.0 Å². The van der Waals surface area contributed by atoms with E-state index in [0.29, 0.717) is 33.5 Å². The lowest BCUT2D eigenvalue weighted by Gasteiger charge is -2.43. The highest BCUT2D eigenvalue weighted by molar-refractivity contribution is 6.32. The van der Waals surface area contributed by atoms with E-state index in [0.717, 1.165) is 37.4 Å². The number of aromatic hydroxyl groups is 1. The van der Waals surface area contributed by atoms with Gasteiger partial charge in [-0.3, -0.25) is 9.47 Å². The highest BCUT2D eigenvalue weighted by atomic mass is 35.5. The topological polar surface area (TPSA) is 79.4 Å². The first kappa shape index (κ1) is 26.0. The SMILES string of the molecule is Cc1nc(-c2cccc(N3CCN(C(C)(C)C)CC3)c2)c(O)c(-c2ccc(-n3ccn(C)c3=O)c(Cl)c2)n1. The molecular formula is C29H33ClN6O2. The van der Waals surface area contributed by atoms with E-state index in [1.165, 1.54) is 9.13 Å². The Bertz CT molecular complexity index is 1540. The second-order valence-electron chi connectivity index (χ2n) is 10.7. The number of piperazine rings is 1. The molecule has 0 aliphatic carbocycles. The van der Waals surface area contributed by atoms with Crippen molar-refractivity contribution in [3.63, 3.8) is 0 Å². The monoisotopic (exact) mass is 532 g/mol. The van der Waals surface area contributed by atoms with Gasteiger partial charge in [-0.1, -0.05) is 29.8 Å². The molecule has 1 aliphatic heterocycles. The summed E-state index contributed by atoms with van der Waals surface area (Å²) >= 11 is 6.59. The van der Waals surface area contributed by atoms with Gasteiger partial charge >= 0.3 is 5.69 Å². The number of benzene rings is 2. The second kappa shape index (κ2) is 9.93. The molecule has 1 N–H and O–H groups in total. The van der Waals surface area contributed by atoms with Gasteiger partial charge in [-0.05, 0) is 52.0 Å². The quantitative estimate of drug-likeness (QED) is 0.403. The number of halogens is 1. The average Bonchev–Trinajstić information content (AvgIpc) is 3.22. The van der Waals surface area contributed by atoms with Crippen molar-refractivity contribution in [1.82, 2.24) is 24.0 Å². The average molecular weight is 533 g/mol. The molecule has 0 atom stereocenters. The van der Waals surface area contributed by atoms with Crippen molar-refractivity contribution in [3.05, 3.63) is 76.2 Å². The van der Waals surface area contributed by atoms with Crippen LogP contribution in [0.5, 0.6) is 5.75 Å². The largest absolute Gasteiger partial charge is 0.504 e. The van der Waals surface area contributed by atoms with Gasteiger partial charge in [0.15, 0.2) is 5.75 Å². The number of hydrogen-bond acceptors (Lipinski definition) is 6. The van der Waals surface area contributed by atoms with Gasteiger partial charge in [-0.25, -0.2) is 14.8 Å². The van der Waals surface area contributed by atoms with Crippen LogP contribution >= 0.6 is 11.6 Å². The van der Waals surface area contributed by atoms with Gasteiger partial charge in [0.05, 0.1) is 10.7 Å². The zero-order valence-corrected chi connectivity index (χ0v) is 23.2. The first-order valence-corrected chi connectivity index (χ1v) is 13.1. The fourth-order valence-electron chi connectivity index (χ4n) is 4.95. The zero-order valence-electron chi connectivity index (χ0n) is 22.4. The van der Waals surface area contributed by atoms with Crippen LogP contribution in [-0.4, -0.2) is 60.8 Å². The van der Waals surface area contributed by atoms with Crippen LogP contribution in [0.25, 0.3) is 28.2 Å². The molecule has 1 aliphatic rings. The predicted molar refractivity (Wildman–Crippen MR) is 152 cm³/mol. The summed E-state index contributed by atoms with van der Waals surface area (Å²) in [6.45, 7) is 12.5. The number of anilines is 1. The molecule has 3 heterocycles. The Morgan fingerprint density at radius 3 is 2.16 bits per heavy atom. The van der Waals surface area contributed by atoms with Crippen LogP contribution in [0.2, 0.25) is 5.02 Å². The van der Waals surface area contributed by atoms with Crippen LogP contribution in [0.15, 0.2) is 59.7 Å². The number of aromatic nitrogens is 4. The zero-order chi connectivity index (χ0) is 27.2. The molecule has 0 spiro atoms. The molecule has 0 saturated carbocycles. The number of rotatable bonds is 4. The third-order valence-electron chi connectivity index (χ3n) is 7.14. The van der Waals surface area contributed by atoms with Gasteiger partial charge in [-0.2, -0.15) is 0 Å². The fourth-order valence-corrected chi connectivity index (χ4v) is 5.22. The van der Waals surface area contributed by atoms with Crippen LogP contribution in [0.4, 0.5) is 5.69 Å². The Morgan fingerprint density at radius 1 is 0.921 bits per heavy atom. The number of aryl methyl sites for hydroxylation is 2. The van der Waals surface area contributed by atoms with Gasteiger partial charge in [-0.15, -0.1) is 0 Å². The Hall–Kier alpha value is -3.62. The summed E-state index contributed by atoms with van der Waals surface area (Å²) in [5.74, 6) is 0.530. The normalized spacial score (nSPS) is 14.7. The number of nitrogens with zero attached hydrogens (tertiary/aromatic N) is 6. The minimum atomic E-state index is -0.192. The molecule has 0 bridgehead atoms. The summed E-state index contributed by atoms with van der Waals surface area (Å²) in [5, 5.41) is 11.7. The summed E-state index contributed by atoms with van der Waals surface area (Å²) in [5.41, 5.74) is 3.96. The van der Waals surface area contributed by atoms with Crippen molar-refractivity contribution in [3.8, 4) is 34.0 Å². The molecule has 8 nitrogen and oxygen atoms in total. The minimum absolute atomic E-state index is 0.00834. The van der Waals surface area contributed by atoms with E-state index in [-0.39, 0.29) is 17.0 Å². The predicted octanol–water partition coefficient (Wildman–Crippen LogP) is 4.89. The Morgan fingerprint density at radius 2 is 1.58 bits per heavy atom. The lowest BCUT2D eigenvalue weighted by Crippen LogP contribution is -2.53. The van der Waals surface area contributed by atoms with Gasteiger partial charge < -0.3 is 14.6 Å². The third kappa shape index (κ3) is 4.93. The van der Waals surface area contributed by atoms with Gasteiger partial charge in [0.25, 0.3) is 0 Å². The van der Waals surface area contributed by atoms with Crippen LogP contribution in [0.3, 0.4) is 0 Å².